The maximum absolute atomic E-state index is 13.7. The lowest BCUT2D eigenvalue weighted by Crippen LogP contribution is -2.60. The number of allylic oxidation sites excluding steroid dienone is 2. The Labute approximate surface area is 156 Å². The van der Waals surface area contributed by atoms with Gasteiger partial charge in [-0.2, -0.15) is 13.2 Å². The number of carbonyl (C=O) groups is 1. The number of amides is 1. The lowest BCUT2D eigenvalue weighted by molar-refractivity contribution is -0.193. The lowest BCUT2D eigenvalue weighted by atomic mass is 10.1. The molecule has 0 radical (unpaired) electrons. The van der Waals surface area contributed by atoms with Gasteiger partial charge in [0, 0.05) is 56.6 Å². The summed E-state index contributed by atoms with van der Waals surface area (Å²) >= 11 is 0. The van der Waals surface area contributed by atoms with E-state index in [1.165, 1.54) is 16.7 Å². The molecule has 0 aromatic heterocycles. The fourth-order valence-electron chi connectivity index (χ4n) is 3.67. The van der Waals surface area contributed by atoms with E-state index in [9.17, 15) is 18.0 Å². The molecule has 0 aliphatic carbocycles. The van der Waals surface area contributed by atoms with E-state index in [1.54, 1.807) is 6.08 Å². The van der Waals surface area contributed by atoms with Gasteiger partial charge in [-0.15, -0.1) is 0 Å². The van der Waals surface area contributed by atoms with Gasteiger partial charge < -0.3 is 24.8 Å². The molecule has 27 heavy (non-hydrogen) atoms. The highest BCUT2D eigenvalue weighted by atomic mass is 19.4. The van der Waals surface area contributed by atoms with E-state index >= 15 is 0 Å². The zero-order chi connectivity index (χ0) is 19.8. The number of nitrogens with one attached hydrogen (secondary N) is 1. The van der Waals surface area contributed by atoms with E-state index in [0.29, 0.717) is 31.3 Å². The Balaban J connectivity index is 1.87. The average molecular weight is 386 g/mol. The molecule has 3 aliphatic rings. The molecule has 3 heterocycles. The summed E-state index contributed by atoms with van der Waals surface area (Å²) in [7, 11) is 0. The van der Waals surface area contributed by atoms with Crippen LogP contribution in [0.2, 0.25) is 0 Å². The Morgan fingerprint density at radius 3 is 2.63 bits per heavy atom. The third-order valence-corrected chi connectivity index (χ3v) is 5.11. The molecule has 9 heteroatoms. The highest BCUT2D eigenvalue weighted by Gasteiger charge is 2.48. The van der Waals surface area contributed by atoms with Crippen LogP contribution in [0.4, 0.5) is 13.2 Å². The molecule has 0 aromatic rings. The lowest BCUT2D eigenvalue weighted by Gasteiger charge is -2.45. The fraction of sp³-hybridized carbons (Fsp3) is 0.611. The summed E-state index contributed by atoms with van der Waals surface area (Å²) in [6.45, 7) is 9.00. The first-order valence-corrected chi connectivity index (χ1v) is 8.99. The van der Waals surface area contributed by atoms with E-state index in [4.69, 9.17) is 4.74 Å². The number of hydrogen-bond donors (Lipinski definition) is 1. The Hall–Kier alpha value is -2.16. The number of morpholine rings is 1. The van der Waals surface area contributed by atoms with Crippen LogP contribution < -0.4 is 5.32 Å². The predicted octanol–water partition coefficient (Wildman–Crippen LogP) is 1.64. The van der Waals surface area contributed by atoms with Gasteiger partial charge in [0.05, 0.1) is 13.2 Å². The number of nitrogens with zero attached hydrogens (tertiary/aromatic N) is 3. The van der Waals surface area contributed by atoms with Crippen molar-refractivity contribution < 1.29 is 22.7 Å². The molecule has 150 valence electrons. The smallest absolute Gasteiger partial charge is 0.377 e. The highest BCUT2D eigenvalue weighted by Crippen LogP contribution is 2.32. The average Bonchev–Trinajstić information content (AvgIpc) is 2.60. The second-order valence-corrected chi connectivity index (χ2v) is 7.08. The second-order valence-electron chi connectivity index (χ2n) is 7.08. The van der Waals surface area contributed by atoms with Crippen molar-refractivity contribution in [1.82, 2.24) is 20.0 Å². The van der Waals surface area contributed by atoms with Crippen LogP contribution in [0.25, 0.3) is 0 Å². The molecule has 3 aliphatic heterocycles. The Kier molecular flexibility index (Phi) is 5.41. The SMILES string of the molecule is C=C1C=C(N2CCOCC2C)C=C(N2CCN(C(C)=O)CC2C(F)(F)F)N1. The van der Waals surface area contributed by atoms with Crippen molar-refractivity contribution in [2.45, 2.75) is 32.1 Å². The molecule has 0 bridgehead atoms. The van der Waals surface area contributed by atoms with E-state index in [-0.39, 0.29) is 31.6 Å². The van der Waals surface area contributed by atoms with Gasteiger partial charge in [0.15, 0.2) is 0 Å². The van der Waals surface area contributed by atoms with Crippen molar-refractivity contribution in [1.29, 1.82) is 0 Å². The molecule has 2 unspecified atom stereocenters. The zero-order valence-corrected chi connectivity index (χ0v) is 15.6. The first-order chi connectivity index (χ1) is 12.7. The summed E-state index contributed by atoms with van der Waals surface area (Å²) in [5.74, 6) is 0.0170. The van der Waals surface area contributed by atoms with E-state index < -0.39 is 12.2 Å². The van der Waals surface area contributed by atoms with Gasteiger partial charge in [0.1, 0.15) is 11.9 Å². The molecule has 0 saturated carbocycles. The van der Waals surface area contributed by atoms with Gasteiger partial charge in [-0.25, -0.2) is 0 Å². The van der Waals surface area contributed by atoms with Crippen LogP contribution in [0, 0.1) is 0 Å². The van der Waals surface area contributed by atoms with Gasteiger partial charge in [-0.1, -0.05) is 6.58 Å². The Morgan fingerprint density at radius 2 is 2.00 bits per heavy atom. The van der Waals surface area contributed by atoms with E-state index in [0.717, 1.165) is 5.70 Å². The summed E-state index contributed by atoms with van der Waals surface area (Å²) in [6.07, 6.45) is -0.885. The van der Waals surface area contributed by atoms with Crippen molar-refractivity contribution >= 4 is 5.91 Å². The number of halogens is 3. The van der Waals surface area contributed by atoms with Crippen LogP contribution in [0.1, 0.15) is 13.8 Å². The zero-order valence-electron chi connectivity index (χ0n) is 15.6. The van der Waals surface area contributed by atoms with E-state index in [1.807, 2.05) is 13.0 Å². The molecule has 2 fully saturated rings. The van der Waals surface area contributed by atoms with Crippen LogP contribution in [0.3, 0.4) is 0 Å². The van der Waals surface area contributed by atoms with Crippen molar-refractivity contribution in [3.63, 3.8) is 0 Å². The fourth-order valence-corrected chi connectivity index (χ4v) is 3.67. The normalized spacial score (nSPS) is 27.1. The minimum absolute atomic E-state index is 0.0990. The Morgan fingerprint density at radius 1 is 1.26 bits per heavy atom. The third kappa shape index (κ3) is 4.23. The standard InChI is InChI=1S/C18H25F3N4O2/c1-12-8-15(24-6-7-27-11-13(24)2)9-17(22-12)25-5-4-23(14(3)26)10-16(25)18(19,20)21/h8-9,13,16,22H,1,4-7,10-11H2,2-3H3. The van der Waals surface area contributed by atoms with Crippen molar-refractivity contribution in [2.24, 2.45) is 0 Å². The summed E-state index contributed by atoms with van der Waals surface area (Å²) in [5, 5.41) is 2.97. The summed E-state index contributed by atoms with van der Waals surface area (Å²) in [4.78, 5) is 16.2. The topological polar surface area (TPSA) is 48.1 Å². The number of rotatable bonds is 2. The predicted molar refractivity (Wildman–Crippen MR) is 94.2 cm³/mol. The molecule has 3 rings (SSSR count). The quantitative estimate of drug-likeness (QED) is 0.782. The maximum atomic E-state index is 13.7. The number of ether oxygens (including phenoxy) is 1. The molecule has 0 spiro atoms. The van der Waals surface area contributed by atoms with Gasteiger partial charge in [-0.05, 0) is 13.0 Å². The highest BCUT2D eigenvalue weighted by molar-refractivity contribution is 5.73. The number of carbonyl (C=O) groups excluding carboxylic acids is 1. The van der Waals surface area contributed by atoms with Gasteiger partial charge in [0.25, 0.3) is 0 Å². The number of piperazine rings is 1. The van der Waals surface area contributed by atoms with Crippen LogP contribution in [-0.2, 0) is 9.53 Å². The van der Waals surface area contributed by atoms with Gasteiger partial charge in [-0.3, -0.25) is 4.79 Å². The van der Waals surface area contributed by atoms with Crippen molar-refractivity contribution in [3.8, 4) is 0 Å². The number of dihydropyridines is 1. The molecule has 2 saturated heterocycles. The van der Waals surface area contributed by atoms with Crippen LogP contribution in [0.15, 0.2) is 35.9 Å². The van der Waals surface area contributed by atoms with E-state index in [2.05, 4.69) is 16.8 Å². The van der Waals surface area contributed by atoms with Crippen molar-refractivity contribution in [2.75, 3.05) is 39.4 Å². The molecular formula is C18H25F3N4O2. The first kappa shape index (κ1) is 19.6. The van der Waals surface area contributed by atoms with Crippen molar-refractivity contribution in [3.05, 3.63) is 35.9 Å². The van der Waals surface area contributed by atoms with Crippen LogP contribution >= 0.6 is 0 Å². The largest absolute Gasteiger partial charge is 0.410 e. The molecule has 0 aromatic carbocycles. The second kappa shape index (κ2) is 7.46. The summed E-state index contributed by atoms with van der Waals surface area (Å²) in [5.41, 5.74) is 1.36. The first-order valence-electron chi connectivity index (χ1n) is 8.99. The monoisotopic (exact) mass is 386 g/mol. The van der Waals surface area contributed by atoms with Gasteiger partial charge in [0.2, 0.25) is 5.91 Å². The molecular weight excluding hydrogens is 361 g/mol. The number of hydrogen-bond acceptors (Lipinski definition) is 5. The molecule has 1 N–H and O–H groups in total. The van der Waals surface area contributed by atoms with Crippen LogP contribution in [-0.4, -0.2) is 78.3 Å². The minimum atomic E-state index is -4.45. The molecule has 1 amide bonds. The molecule has 6 nitrogen and oxygen atoms in total. The summed E-state index contributed by atoms with van der Waals surface area (Å²) < 4.78 is 46.5. The summed E-state index contributed by atoms with van der Waals surface area (Å²) in [6, 6.07) is -1.63. The third-order valence-electron chi connectivity index (χ3n) is 5.11. The Bertz CT molecular complexity index is 674. The van der Waals surface area contributed by atoms with Gasteiger partial charge >= 0.3 is 6.18 Å². The van der Waals surface area contributed by atoms with Crippen LogP contribution in [0.5, 0.6) is 0 Å². The number of alkyl halides is 3. The minimum Gasteiger partial charge on any atom is -0.377 e. The maximum Gasteiger partial charge on any atom is 0.410 e. The molecule has 2 atom stereocenters.